The fourth-order valence-electron chi connectivity index (χ4n) is 0.459. The quantitative estimate of drug-likeness (QED) is 0.414. The zero-order chi connectivity index (χ0) is 10.3. The monoisotopic (exact) mass is 188 g/mol. The normalized spacial score (nSPS) is 11.5. The van der Waals surface area contributed by atoms with Crippen LogP contribution in [0.5, 0.6) is 0 Å². The van der Waals surface area contributed by atoms with E-state index in [1.54, 1.807) is 6.92 Å². The van der Waals surface area contributed by atoms with E-state index in [1.807, 2.05) is 5.48 Å². The predicted molar refractivity (Wildman–Crippen MR) is 44.9 cm³/mol. The Labute approximate surface area is 75.5 Å². The van der Waals surface area contributed by atoms with E-state index >= 15 is 0 Å². The van der Waals surface area contributed by atoms with Crippen LogP contribution in [0, 0.1) is 0 Å². The predicted octanol–water partition coefficient (Wildman–Crippen LogP) is -0.124. The molecule has 1 atom stereocenters. The molecule has 2 amide bonds. The highest BCUT2D eigenvalue weighted by atomic mass is 16.7. The number of carbonyl (C=O) groups excluding carboxylic acids is 1. The number of nitrogens with one attached hydrogen (secondary N) is 2. The van der Waals surface area contributed by atoms with Gasteiger partial charge < -0.3 is 10.4 Å². The van der Waals surface area contributed by atoms with Gasteiger partial charge in [-0.1, -0.05) is 6.08 Å². The van der Waals surface area contributed by atoms with Crippen molar-refractivity contribution in [2.75, 3.05) is 6.61 Å². The van der Waals surface area contributed by atoms with E-state index in [9.17, 15) is 9.59 Å². The number of amides is 2. The first-order valence-corrected chi connectivity index (χ1v) is 3.59. The summed E-state index contributed by atoms with van der Waals surface area (Å²) < 4.78 is 0. The first kappa shape index (κ1) is 11.4. The van der Waals surface area contributed by atoms with E-state index in [1.165, 1.54) is 6.08 Å². The Balaban J connectivity index is 3.51. The Kier molecular flexibility index (Phi) is 5.29. The molecule has 6 nitrogen and oxygen atoms in total. The molecule has 0 fully saturated rings. The van der Waals surface area contributed by atoms with Gasteiger partial charge in [0.05, 0.1) is 0 Å². The second-order valence-electron chi connectivity index (χ2n) is 2.28. The Bertz CT molecular complexity index is 205. The maximum atomic E-state index is 10.8. The number of aliphatic carboxylic acids is 1. The van der Waals surface area contributed by atoms with Crippen molar-refractivity contribution in [1.82, 2.24) is 10.8 Å². The molecule has 0 rings (SSSR count). The van der Waals surface area contributed by atoms with Gasteiger partial charge in [-0.3, -0.25) is 4.84 Å². The number of hydrogen-bond acceptors (Lipinski definition) is 3. The Hall–Kier alpha value is -1.56. The fraction of sp³-hybridized carbons (Fsp3) is 0.429. The molecule has 0 heterocycles. The minimum atomic E-state index is -1.16. The lowest BCUT2D eigenvalue weighted by molar-refractivity contribution is -0.144. The van der Waals surface area contributed by atoms with Crippen molar-refractivity contribution in [1.29, 1.82) is 0 Å². The van der Waals surface area contributed by atoms with Crippen LogP contribution in [0.4, 0.5) is 4.79 Å². The first-order chi connectivity index (χ1) is 6.06. The number of rotatable bonds is 5. The van der Waals surface area contributed by atoms with Crippen LogP contribution in [0.2, 0.25) is 0 Å². The molecule has 0 aliphatic carbocycles. The summed E-state index contributed by atoms with van der Waals surface area (Å²) >= 11 is 0. The summed E-state index contributed by atoms with van der Waals surface area (Å²) in [6.45, 7) is 4.58. The largest absolute Gasteiger partial charge is 0.479 e. The van der Waals surface area contributed by atoms with Crippen molar-refractivity contribution in [2.45, 2.75) is 13.0 Å². The van der Waals surface area contributed by atoms with E-state index in [0.29, 0.717) is 0 Å². The summed E-state index contributed by atoms with van der Waals surface area (Å²) in [6.07, 6.45) is 1.52. The van der Waals surface area contributed by atoms with Gasteiger partial charge >= 0.3 is 12.0 Å². The maximum absolute atomic E-state index is 10.8. The highest BCUT2D eigenvalue weighted by Crippen LogP contribution is 1.80. The summed E-state index contributed by atoms with van der Waals surface area (Å²) in [6, 6.07) is -0.804. The van der Waals surface area contributed by atoms with Gasteiger partial charge in [0.1, 0.15) is 0 Å². The van der Waals surface area contributed by atoms with Crippen molar-refractivity contribution >= 4 is 12.0 Å². The third-order valence-corrected chi connectivity index (χ3v) is 1.07. The number of hydrogen-bond donors (Lipinski definition) is 3. The van der Waals surface area contributed by atoms with Crippen molar-refractivity contribution in [3.63, 3.8) is 0 Å². The van der Waals surface area contributed by atoms with Crippen LogP contribution in [0.3, 0.4) is 0 Å². The van der Waals surface area contributed by atoms with E-state index in [2.05, 4.69) is 16.7 Å². The summed E-state index contributed by atoms with van der Waals surface area (Å²) in [4.78, 5) is 25.1. The van der Waals surface area contributed by atoms with Gasteiger partial charge in [-0.2, -0.15) is 0 Å². The van der Waals surface area contributed by atoms with Gasteiger partial charge in [0, 0.05) is 6.04 Å². The minimum absolute atomic E-state index is 0.201. The Morgan fingerprint density at radius 1 is 1.69 bits per heavy atom. The molecule has 0 radical (unpaired) electrons. The summed E-state index contributed by atoms with van der Waals surface area (Å²) in [7, 11) is 0. The average molecular weight is 188 g/mol. The lowest BCUT2D eigenvalue weighted by Crippen LogP contribution is -2.40. The SMILES string of the molecule is C=CC(C)NC(=O)NOCC(=O)O. The van der Waals surface area contributed by atoms with Gasteiger partial charge in [-0.05, 0) is 6.92 Å². The molecule has 0 bridgehead atoms. The molecule has 0 aromatic heterocycles. The minimum Gasteiger partial charge on any atom is -0.479 e. The number of urea groups is 1. The zero-order valence-corrected chi connectivity index (χ0v) is 7.24. The van der Waals surface area contributed by atoms with Crippen LogP contribution in [0.25, 0.3) is 0 Å². The Morgan fingerprint density at radius 2 is 2.31 bits per heavy atom. The lowest BCUT2D eigenvalue weighted by Gasteiger charge is -2.09. The first-order valence-electron chi connectivity index (χ1n) is 3.59. The van der Waals surface area contributed by atoms with Crippen LogP contribution in [0.1, 0.15) is 6.92 Å². The standard InChI is InChI=1S/C7H12N2O4/c1-3-5(2)8-7(12)9-13-4-6(10)11/h3,5H,1,4H2,2H3,(H,10,11)(H2,8,9,12). The summed E-state index contributed by atoms with van der Waals surface area (Å²) in [5.74, 6) is -1.16. The molecular formula is C7H12N2O4. The number of carboxylic acid groups (broad SMARTS) is 1. The van der Waals surface area contributed by atoms with Crippen molar-refractivity contribution in [3.05, 3.63) is 12.7 Å². The molecule has 6 heteroatoms. The summed E-state index contributed by atoms with van der Waals surface area (Å²) in [5.41, 5.74) is 1.90. The molecular weight excluding hydrogens is 176 g/mol. The van der Waals surface area contributed by atoms with Crippen LogP contribution in [0.15, 0.2) is 12.7 Å². The Morgan fingerprint density at radius 3 is 2.77 bits per heavy atom. The van der Waals surface area contributed by atoms with Crippen LogP contribution in [-0.4, -0.2) is 29.8 Å². The molecule has 0 aliphatic heterocycles. The van der Waals surface area contributed by atoms with Crippen LogP contribution >= 0.6 is 0 Å². The van der Waals surface area contributed by atoms with Crippen LogP contribution < -0.4 is 10.8 Å². The van der Waals surface area contributed by atoms with Crippen molar-refractivity contribution < 1.29 is 19.5 Å². The third-order valence-electron chi connectivity index (χ3n) is 1.07. The smallest absolute Gasteiger partial charge is 0.339 e. The maximum Gasteiger partial charge on any atom is 0.339 e. The van der Waals surface area contributed by atoms with E-state index in [0.717, 1.165) is 0 Å². The molecule has 0 aromatic carbocycles. The summed E-state index contributed by atoms with van der Waals surface area (Å²) in [5, 5.41) is 10.6. The van der Waals surface area contributed by atoms with E-state index in [-0.39, 0.29) is 6.04 Å². The zero-order valence-electron chi connectivity index (χ0n) is 7.24. The molecule has 0 saturated heterocycles. The van der Waals surface area contributed by atoms with Gasteiger partial charge in [0.2, 0.25) is 0 Å². The molecule has 13 heavy (non-hydrogen) atoms. The van der Waals surface area contributed by atoms with Gasteiger partial charge in [-0.25, -0.2) is 15.1 Å². The molecule has 74 valence electrons. The fourth-order valence-corrected chi connectivity index (χ4v) is 0.459. The van der Waals surface area contributed by atoms with Gasteiger partial charge in [0.25, 0.3) is 0 Å². The second-order valence-corrected chi connectivity index (χ2v) is 2.28. The van der Waals surface area contributed by atoms with Gasteiger partial charge in [-0.15, -0.1) is 6.58 Å². The van der Waals surface area contributed by atoms with E-state index < -0.39 is 18.6 Å². The molecule has 0 aliphatic rings. The highest BCUT2D eigenvalue weighted by molar-refractivity contribution is 5.73. The average Bonchev–Trinajstić information content (AvgIpc) is 2.03. The second kappa shape index (κ2) is 6.01. The van der Waals surface area contributed by atoms with Gasteiger partial charge in [0.15, 0.2) is 6.61 Å². The molecule has 3 N–H and O–H groups in total. The number of hydroxylamine groups is 1. The molecule has 0 saturated carbocycles. The van der Waals surface area contributed by atoms with Crippen LogP contribution in [-0.2, 0) is 9.63 Å². The number of carbonyl (C=O) groups is 2. The highest BCUT2D eigenvalue weighted by Gasteiger charge is 2.03. The number of carboxylic acids is 1. The third kappa shape index (κ3) is 6.82. The van der Waals surface area contributed by atoms with Crippen molar-refractivity contribution in [2.24, 2.45) is 0 Å². The molecule has 1 unspecified atom stereocenters. The van der Waals surface area contributed by atoms with E-state index in [4.69, 9.17) is 5.11 Å². The molecule has 0 aromatic rings. The topological polar surface area (TPSA) is 87.7 Å². The lowest BCUT2D eigenvalue weighted by atomic mass is 10.3. The molecule has 0 spiro atoms. The van der Waals surface area contributed by atoms with Crippen molar-refractivity contribution in [3.8, 4) is 0 Å².